The zero-order chi connectivity index (χ0) is 11.5. The molecule has 1 aromatic carbocycles. The first-order valence-electron chi connectivity index (χ1n) is 5.68. The smallest absolute Gasteiger partial charge is 0.125 e. The van der Waals surface area contributed by atoms with E-state index in [-0.39, 0.29) is 5.82 Å². The van der Waals surface area contributed by atoms with Gasteiger partial charge >= 0.3 is 0 Å². The highest BCUT2D eigenvalue weighted by Gasteiger charge is 2.07. The van der Waals surface area contributed by atoms with Gasteiger partial charge in [0.25, 0.3) is 0 Å². The van der Waals surface area contributed by atoms with Crippen LogP contribution in [0.25, 0.3) is 10.9 Å². The quantitative estimate of drug-likeness (QED) is 0.838. The first-order valence-corrected chi connectivity index (χ1v) is 5.68. The van der Waals surface area contributed by atoms with Crippen molar-refractivity contribution in [3.8, 4) is 0 Å². The molecular formula is C13H17FN2. The van der Waals surface area contributed by atoms with E-state index >= 15 is 0 Å². The van der Waals surface area contributed by atoms with E-state index in [1.54, 1.807) is 6.07 Å². The van der Waals surface area contributed by atoms with Gasteiger partial charge in [-0.05, 0) is 50.7 Å². The zero-order valence-electron chi connectivity index (χ0n) is 9.76. The molecule has 1 aromatic heterocycles. The first-order chi connectivity index (χ1) is 7.76. The molecule has 0 bridgehead atoms. The molecule has 0 fully saturated rings. The van der Waals surface area contributed by atoms with Crippen molar-refractivity contribution in [1.82, 2.24) is 9.88 Å². The monoisotopic (exact) mass is 220 g/mol. The Balaban J connectivity index is 2.50. The molecule has 0 radical (unpaired) electrons. The molecule has 0 aliphatic heterocycles. The molecule has 0 saturated heterocycles. The van der Waals surface area contributed by atoms with Gasteiger partial charge in [-0.1, -0.05) is 0 Å². The molecule has 0 spiro atoms. The molecule has 0 unspecified atom stereocenters. The Morgan fingerprint density at radius 2 is 2.19 bits per heavy atom. The number of benzene rings is 1. The lowest BCUT2D eigenvalue weighted by Crippen LogP contribution is -2.09. The Bertz CT molecular complexity index is 488. The summed E-state index contributed by atoms with van der Waals surface area (Å²) in [6, 6.07) is 5.02. The summed E-state index contributed by atoms with van der Waals surface area (Å²) < 4.78 is 15.3. The third-order valence-corrected chi connectivity index (χ3v) is 2.91. The molecule has 2 nitrogen and oxygen atoms in total. The van der Waals surface area contributed by atoms with Crippen LogP contribution in [0, 0.1) is 5.82 Å². The number of halogens is 1. The minimum absolute atomic E-state index is 0.166. The van der Waals surface area contributed by atoms with Crippen molar-refractivity contribution in [1.29, 1.82) is 0 Å². The normalized spacial score (nSPS) is 11.2. The Morgan fingerprint density at radius 1 is 1.38 bits per heavy atom. The molecular weight excluding hydrogens is 203 g/mol. The fraction of sp³-hybridized carbons (Fsp3) is 0.385. The van der Waals surface area contributed by atoms with Gasteiger partial charge in [0.05, 0.1) is 5.52 Å². The molecule has 2 aromatic rings. The van der Waals surface area contributed by atoms with Crippen molar-refractivity contribution in [2.75, 3.05) is 13.6 Å². The third kappa shape index (κ3) is 1.95. The lowest BCUT2D eigenvalue weighted by Gasteiger charge is -1.99. The summed E-state index contributed by atoms with van der Waals surface area (Å²) in [4.78, 5) is 0. The van der Waals surface area contributed by atoms with Crippen LogP contribution in [0.15, 0.2) is 24.4 Å². The molecule has 0 saturated carbocycles. The maximum absolute atomic E-state index is 13.2. The average Bonchev–Trinajstić information content (AvgIpc) is 2.63. The van der Waals surface area contributed by atoms with Crippen LogP contribution in [0.4, 0.5) is 4.39 Å². The van der Waals surface area contributed by atoms with E-state index in [1.807, 2.05) is 13.1 Å². The molecule has 1 heterocycles. The van der Waals surface area contributed by atoms with E-state index in [0.29, 0.717) is 0 Å². The number of hydrogen-bond donors (Lipinski definition) is 1. The maximum Gasteiger partial charge on any atom is 0.125 e. The van der Waals surface area contributed by atoms with Crippen molar-refractivity contribution >= 4 is 10.9 Å². The van der Waals surface area contributed by atoms with E-state index in [2.05, 4.69) is 23.0 Å². The summed E-state index contributed by atoms with van der Waals surface area (Å²) in [5.41, 5.74) is 2.28. The number of nitrogens with zero attached hydrogens (tertiary/aromatic N) is 1. The van der Waals surface area contributed by atoms with Crippen LogP contribution in [0.3, 0.4) is 0 Å². The highest BCUT2D eigenvalue weighted by atomic mass is 19.1. The van der Waals surface area contributed by atoms with Crippen molar-refractivity contribution in [3.05, 3.63) is 35.8 Å². The van der Waals surface area contributed by atoms with Crippen molar-refractivity contribution < 1.29 is 4.39 Å². The van der Waals surface area contributed by atoms with Gasteiger partial charge in [-0.2, -0.15) is 0 Å². The number of aromatic nitrogens is 1. The second-order valence-electron chi connectivity index (χ2n) is 3.96. The highest BCUT2D eigenvalue weighted by Crippen LogP contribution is 2.22. The third-order valence-electron chi connectivity index (χ3n) is 2.91. The number of hydrogen-bond acceptors (Lipinski definition) is 1. The van der Waals surface area contributed by atoms with Gasteiger partial charge < -0.3 is 9.88 Å². The van der Waals surface area contributed by atoms with Gasteiger partial charge in [0.1, 0.15) is 5.82 Å². The summed E-state index contributed by atoms with van der Waals surface area (Å²) in [6.07, 6.45) is 3.10. The molecule has 0 aliphatic carbocycles. The maximum atomic E-state index is 13.2. The fourth-order valence-electron chi connectivity index (χ4n) is 2.06. The summed E-state index contributed by atoms with van der Waals surface area (Å²) in [7, 11) is 1.94. The molecule has 3 heteroatoms. The lowest BCUT2D eigenvalue weighted by molar-refractivity contribution is 0.628. The predicted molar refractivity (Wildman–Crippen MR) is 65.2 cm³/mol. The summed E-state index contributed by atoms with van der Waals surface area (Å²) >= 11 is 0. The number of nitrogens with one attached hydrogen (secondary N) is 1. The molecule has 2 rings (SSSR count). The molecule has 16 heavy (non-hydrogen) atoms. The Labute approximate surface area is 95.1 Å². The molecule has 0 atom stereocenters. The summed E-state index contributed by atoms with van der Waals surface area (Å²) in [5, 5.41) is 4.30. The molecule has 86 valence electrons. The SMILES string of the molecule is CCn1cc(CCNC)c2ccc(F)cc21. The van der Waals surface area contributed by atoms with E-state index in [4.69, 9.17) is 0 Å². The molecule has 0 aliphatic rings. The number of likely N-dealkylation sites (N-methyl/N-ethyl adjacent to an activating group) is 1. The molecule has 0 amide bonds. The van der Waals surface area contributed by atoms with Gasteiger partial charge in [0, 0.05) is 18.1 Å². The lowest BCUT2D eigenvalue weighted by atomic mass is 10.1. The van der Waals surface area contributed by atoms with E-state index < -0.39 is 0 Å². The van der Waals surface area contributed by atoms with Crippen LogP contribution in [0.1, 0.15) is 12.5 Å². The largest absolute Gasteiger partial charge is 0.347 e. The van der Waals surface area contributed by atoms with Crippen LogP contribution in [-0.4, -0.2) is 18.2 Å². The number of aryl methyl sites for hydroxylation is 1. The zero-order valence-corrected chi connectivity index (χ0v) is 9.76. The van der Waals surface area contributed by atoms with Crippen LogP contribution < -0.4 is 5.32 Å². The second kappa shape index (κ2) is 4.66. The van der Waals surface area contributed by atoms with E-state index in [9.17, 15) is 4.39 Å². The van der Waals surface area contributed by atoms with Gasteiger partial charge in [0.15, 0.2) is 0 Å². The van der Waals surface area contributed by atoms with Gasteiger partial charge in [0.2, 0.25) is 0 Å². The van der Waals surface area contributed by atoms with Gasteiger partial charge in [-0.15, -0.1) is 0 Å². The molecule has 1 N–H and O–H groups in total. The topological polar surface area (TPSA) is 17.0 Å². The average molecular weight is 220 g/mol. The number of fused-ring (bicyclic) bond motifs is 1. The Kier molecular flexibility index (Phi) is 3.25. The van der Waals surface area contributed by atoms with Crippen molar-refractivity contribution in [2.24, 2.45) is 0 Å². The predicted octanol–water partition coefficient (Wildman–Crippen LogP) is 2.56. The van der Waals surface area contributed by atoms with E-state index in [0.717, 1.165) is 25.0 Å². The second-order valence-corrected chi connectivity index (χ2v) is 3.96. The van der Waals surface area contributed by atoms with Gasteiger partial charge in [-0.3, -0.25) is 0 Å². The van der Waals surface area contributed by atoms with Crippen molar-refractivity contribution in [2.45, 2.75) is 19.9 Å². The summed E-state index contributed by atoms with van der Waals surface area (Å²) in [6.45, 7) is 3.89. The van der Waals surface area contributed by atoms with Crippen molar-refractivity contribution in [3.63, 3.8) is 0 Å². The first kappa shape index (κ1) is 11.1. The minimum Gasteiger partial charge on any atom is -0.347 e. The van der Waals surface area contributed by atoms with Gasteiger partial charge in [-0.25, -0.2) is 4.39 Å². The standard InChI is InChI=1S/C13H17FN2/c1-3-16-9-10(6-7-15-2)12-5-4-11(14)8-13(12)16/h4-5,8-9,15H,3,6-7H2,1-2H3. The fourth-order valence-corrected chi connectivity index (χ4v) is 2.06. The summed E-state index contributed by atoms with van der Waals surface area (Å²) in [5.74, 6) is -0.166. The highest BCUT2D eigenvalue weighted by molar-refractivity contribution is 5.84. The van der Waals surface area contributed by atoms with E-state index in [1.165, 1.54) is 17.0 Å². The Morgan fingerprint density at radius 3 is 2.88 bits per heavy atom. The van der Waals surface area contributed by atoms with Crippen LogP contribution in [0.2, 0.25) is 0 Å². The van der Waals surface area contributed by atoms with Crippen LogP contribution in [-0.2, 0) is 13.0 Å². The Hall–Kier alpha value is -1.35. The van der Waals surface area contributed by atoms with Crippen LogP contribution in [0.5, 0.6) is 0 Å². The minimum atomic E-state index is -0.166. The van der Waals surface area contributed by atoms with Crippen LogP contribution >= 0.6 is 0 Å². The number of rotatable bonds is 4.